The van der Waals surface area contributed by atoms with Crippen LogP contribution in [-0.2, 0) is 11.8 Å². The Labute approximate surface area is 126 Å². The summed E-state index contributed by atoms with van der Waals surface area (Å²) in [7, 11) is 2.00. The summed E-state index contributed by atoms with van der Waals surface area (Å²) in [5, 5.41) is 10.1. The third kappa shape index (κ3) is 2.28. The van der Waals surface area contributed by atoms with Crippen LogP contribution in [0.4, 0.5) is 0 Å². The number of fused-ring (bicyclic) bond motifs is 1. The number of aromatic nitrogens is 1. The minimum atomic E-state index is -0.284. The summed E-state index contributed by atoms with van der Waals surface area (Å²) in [6.07, 6.45) is 7.22. The Hall–Kier alpha value is -1.35. The number of aryl methyl sites for hydroxylation is 1. The normalized spacial score (nSPS) is 38.6. The third-order valence-corrected chi connectivity index (χ3v) is 5.86. The van der Waals surface area contributed by atoms with Crippen molar-refractivity contribution in [2.75, 3.05) is 0 Å². The molecule has 1 heterocycles. The third-order valence-electron chi connectivity index (χ3n) is 5.86. The second kappa shape index (κ2) is 5.13. The van der Waals surface area contributed by atoms with Crippen LogP contribution >= 0.6 is 0 Å². The maximum absolute atomic E-state index is 13.0. The van der Waals surface area contributed by atoms with Crippen molar-refractivity contribution in [3.8, 4) is 0 Å². The number of allylic oxidation sites excluding steroid dienone is 1. The topological polar surface area (TPSA) is 42.2 Å². The zero-order valence-corrected chi connectivity index (χ0v) is 13.2. The SMILES string of the molecule is C[C@@H]1C(O)CC[C@]2(C)C(=O)/C(=C/c3cccn3C)CCC12. The number of carbonyl (C=O) groups excluding carboxylic acids is 1. The molecule has 2 fully saturated rings. The molecular formula is C18H25NO2. The fourth-order valence-corrected chi connectivity index (χ4v) is 4.34. The van der Waals surface area contributed by atoms with Crippen molar-refractivity contribution in [3.63, 3.8) is 0 Å². The molecule has 0 spiro atoms. The molecule has 0 radical (unpaired) electrons. The van der Waals surface area contributed by atoms with Crippen LogP contribution < -0.4 is 0 Å². The van der Waals surface area contributed by atoms with Crippen molar-refractivity contribution < 1.29 is 9.90 Å². The molecule has 2 saturated carbocycles. The molecule has 2 aliphatic carbocycles. The van der Waals surface area contributed by atoms with Crippen LogP contribution in [0.25, 0.3) is 6.08 Å². The van der Waals surface area contributed by atoms with Gasteiger partial charge in [0.15, 0.2) is 5.78 Å². The fraction of sp³-hybridized carbons (Fsp3) is 0.611. The van der Waals surface area contributed by atoms with E-state index in [-0.39, 0.29) is 17.4 Å². The fourth-order valence-electron chi connectivity index (χ4n) is 4.34. The van der Waals surface area contributed by atoms with Gasteiger partial charge in [-0.25, -0.2) is 0 Å². The van der Waals surface area contributed by atoms with E-state index >= 15 is 0 Å². The molecule has 3 nitrogen and oxygen atoms in total. The Kier molecular flexibility index (Phi) is 3.56. The first-order valence-electron chi connectivity index (χ1n) is 7.98. The van der Waals surface area contributed by atoms with Crippen molar-refractivity contribution in [3.05, 3.63) is 29.6 Å². The number of hydrogen-bond acceptors (Lipinski definition) is 2. The number of aliphatic hydroxyl groups excluding tert-OH is 1. The van der Waals surface area contributed by atoms with E-state index in [0.717, 1.165) is 37.0 Å². The minimum absolute atomic E-state index is 0.226. The summed E-state index contributed by atoms with van der Waals surface area (Å²) < 4.78 is 2.04. The summed E-state index contributed by atoms with van der Waals surface area (Å²) in [6, 6.07) is 4.05. The van der Waals surface area contributed by atoms with Gasteiger partial charge < -0.3 is 9.67 Å². The Morgan fingerprint density at radius 1 is 1.43 bits per heavy atom. The number of ketones is 1. The minimum Gasteiger partial charge on any atom is -0.393 e. The molecule has 4 atom stereocenters. The molecular weight excluding hydrogens is 262 g/mol. The van der Waals surface area contributed by atoms with Gasteiger partial charge in [-0.15, -0.1) is 0 Å². The van der Waals surface area contributed by atoms with Gasteiger partial charge in [-0.05, 0) is 61.3 Å². The number of Topliss-reactive ketones (excluding diaryl/α,β-unsaturated/α-hetero) is 1. The van der Waals surface area contributed by atoms with Crippen LogP contribution in [0.15, 0.2) is 23.9 Å². The second-order valence-corrected chi connectivity index (χ2v) is 7.07. The lowest BCUT2D eigenvalue weighted by molar-refractivity contribution is -0.137. The molecule has 3 heteroatoms. The van der Waals surface area contributed by atoms with Crippen molar-refractivity contribution >= 4 is 11.9 Å². The Balaban J connectivity index is 1.92. The zero-order chi connectivity index (χ0) is 15.2. The van der Waals surface area contributed by atoms with Crippen molar-refractivity contribution in [1.82, 2.24) is 4.57 Å². The molecule has 114 valence electrons. The molecule has 0 saturated heterocycles. The van der Waals surface area contributed by atoms with E-state index in [1.807, 2.05) is 29.9 Å². The van der Waals surface area contributed by atoms with Crippen molar-refractivity contribution in [2.24, 2.45) is 24.3 Å². The highest BCUT2D eigenvalue weighted by Crippen LogP contribution is 2.52. The maximum Gasteiger partial charge on any atom is 0.165 e. The van der Waals surface area contributed by atoms with Crippen molar-refractivity contribution in [2.45, 2.75) is 45.6 Å². The number of nitrogens with zero attached hydrogens (tertiary/aromatic N) is 1. The Morgan fingerprint density at radius 3 is 2.86 bits per heavy atom. The highest BCUT2D eigenvalue weighted by molar-refractivity contribution is 6.04. The van der Waals surface area contributed by atoms with Gasteiger partial charge in [0.05, 0.1) is 6.10 Å². The van der Waals surface area contributed by atoms with E-state index in [1.54, 1.807) is 0 Å². The maximum atomic E-state index is 13.0. The van der Waals surface area contributed by atoms with Gasteiger partial charge in [-0.2, -0.15) is 0 Å². The molecule has 1 N–H and O–H groups in total. The molecule has 3 rings (SSSR count). The highest BCUT2D eigenvalue weighted by atomic mass is 16.3. The smallest absolute Gasteiger partial charge is 0.165 e. The lowest BCUT2D eigenvalue weighted by Gasteiger charge is -2.49. The molecule has 2 unspecified atom stereocenters. The summed E-state index contributed by atoms with van der Waals surface area (Å²) in [6.45, 7) is 4.21. The van der Waals surface area contributed by atoms with Crippen LogP contribution in [0.2, 0.25) is 0 Å². The molecule has 21 heavy (non-hydrogen) atoms. The van der Waals surface area contributed by atoms with Crippen LogP contribution in [-0.4, -0.2) is 21.6 Å². The largest absolute Gasteiger partial charge is 0.393 e. The molecule has 1 aromatic rings. The average molecular weight is 287 g/mol. The summed E-state index contributed by atoms with van der Waals surface area (Å²) in [4.78, 5) is 13.0. The van der Waals surface area contributed by atoms with E-state index in [2.05, 4.69) is 19.9 Å². The lowest BCUT2D eigenvalue weighted by atomic mass is 9.55. The molecule has 0 amide bonds. The van der Waals surface area contributed by atoms with Crippen LogP contribution in [0.1, 0.15) is 45.2 Å². The Morgan fingerprint density at radius 2 is 2.19 bits per heavy atom. The van der Waals surface area contributed by atoms with E-state index in [1.165, 1.54) is 0 Å². The Bertz CT molecular complexity index is 586. The predicted octanol–water partition coefficient (Wildman–Crippen LogP) is 3.18. The van der Waals surface area contributed by atoms with E-state index in [0.29, 0.717) is 11.7 Å². The highest BCUT2D eigenvalue weighted by Gasteiger charge is 2.51. The molecule has 0 aliphatic heterocycles. The number of hydrogen-bond donors (Lipinski definition) is 1. The number of rotatable bonds is 1. The summed E-state index contributed by atoms with van der Waals surface area (Å²) in [5.74, 6) is 0.849. The van der Waals surface area contributed by atoms with Gasteiger partial charge in [-0.1, -0.05) is 13.8 Å². The quantitative estimate of drug-likeness (QED) is 0.806. The van der Waals surface area contributed by atoms with Gasteiger partial charge in [-0.3, -0.25) is 4.79 Å². The van der Waals surface area contributed by atoms with Gasteiger partial charge in [0.25, 0.3) is 0 Å². The van der Waals surface area contributed by atoms with Crippen molar-refractivity contribution in [1.29, 1.82) is 0 Å². The van der Waals surface area contributed by atoms with E-state index in [4.69, 9.17) is 0 Å². The number of aliphatic hydroxyl groups is 1. The van der Waals surface area contributed by atoms with Gasteiger partial charge in [0.2, 0.25) is 0 Å². The number of carbonyl (C=O) groups is 1. The lowest BCUT2D eigenvalue weighted by Crippen LogP contribution is -2.50. The van der Waals surface area contributed by atoms with Gasteiger partial charge in [0, 0.05) is 24.4 Å². The van der Waals surface area contributed by atoms with E-state index in [9.17, 15) is 9.90 Å². The molecule has 0 aromatic carbocycles. The summed E-state index contributed by atoms with van der Waals surface area (Å²) in [5.41, 5.74) is 1.76. The summed E-state index contributed by atoms with van der Waals surface area (Å²) >= 11 is 0. The van der Waals surface area contributed by atoms with Crippen LogP contribution in [0, 0.1) is 17.3 Å². The van der Waals surface area contributed by atoms with Crippen LogP contribution in [0.5, 0.6) is 0 Å². The van der Waals surface area contributed by atoms with E-state index < -0.39 is 0 Å². The van der Waals surface area contributed by atoms with Gasteiger partial charge in [0.1, 0.15) is 0 Å². The first-order valence-corrected chi connectivity index (χ1v) is 7.98. The predicted molar refractivity (Wildman–Crippen MR) is 83.6 cm³/mol. The molecule has 1 aromatic heterocycles. The zero-order valence-electron chi connectivity index (χ0n) is 13.2. The monoisotopic (exact) mass is 287 g/mol. The first kappa shape index (κ1) is 14.6. The average Bonchev–Trinajstić information content (AvgIpc) is 2.85. The van der Waals surface area contributed by atoms with Gasteiger partial charge >= 0.3 is 0 Å². The standard InChI is InChI=1S/C18H25NO2/c1-12-15-7-6-13(11-14-5-4-10-19(14)3)17(21)18(15,2)9-8-16(12)20/h4-5,10-12,15-16,20H,6-9H2,1-3H3/b13-11+/t12-,15?,16?,18-/m0/s1. The molecule has 0 bridgehead atoms. The second-order valence-electron chi connectivity index (χ2n) is 7.07. The van der Waals surface area contributed by atoms with Crippen LogP contribution in [0.3, 0.4) is 0 Å². The first-order chi connectivity index (χ1) is 9.93. The molecule has 2 aliphatic rings.